The second-order valence-corrected chi connectivity index (χ2v) is 6.16. The van der Waals surface area contributed by atoms with E-state index in [1.807, 2.05) is 19.1 Å². The normalized spacial score (nSPS) is 11.3. The van der Waals surface area contributed by atoms with Crippen molar-refractivity contribution in [2.45, 2.75) is 33.4 Å². The minimum absolute atomic E-state index is 0.154. The fraction of sp³-hybridized carbons (Fsp3) is 0.250. The fourth-order valence-corrected chi connectivity index (χ4v) is 2.44. The fourth-order valence-electron chi connectivity index (χ4n) is 2.44. The maximum absolute atomic E-state index is 12.2. The Kier molecular flexibility index (Phi) is 6.49. The van der Waals surface area contributed by atoms with Crippen LogP contribution in [0.25, 0.3) is 0 Å². The van der Waals surface area contributed by atoms with Crippen LogP contribution >= 0.6 is 0 Å². The van der Waals surface area contributed by atoms with Crippen LogP contribution in [0.15, 0.2) is 48.5 Å². The van der Waals surface area contributed by atoms with Crippen LogP contribution in [0.4, 0.5) is 5.69 Å². The molecule has 1 atom stereocenters. The monoisotopic (exact) mass is 353 g/mol. The van der Waals surface area contributed by atoms with Crippen molar-refractivity contribution in [2.75, 3.05) is 5.32 Å². The highest BCUT2D eigenvalue weighted by molar-refractivity contribution is 5.97. The third-order valence-corrected chi connectivity index (χ3v) is 3.74. The SMILES string of the molecule is CC(=O)Nc1cccc(CNC(=O)C(C)NC(=O)c2cccc(C)c2)c1. The number of nitrogens with one attached hydrogen (secondary N) is 3. The maximum Gasteiger partial charge on any atom is 0.251 e. The van der Waals surface area contributed by atoms with Gasteiger partial charge in [-0.15, -0.1) is 0 Å². The van der Waals surface area contributed by atoms with Crippen molar-refractivity contribution < 1.29 is 14.4 Å². The Bertz CT molecular complexity index is 817. The lowest BCUT2D eigenvalue weighted by molar-refractivity contribution is -0.122. The van der Waals surface area contributed by atoms with E-state index in [1.165, 1.54) is 6.92 Å². The van der Waals surface area contributed by atoms with Gasteiger partial charge in [0.2, 0.25) is 11.8 Å². The van der Waals surface area contributed by atoms with Gasteiger partial charge in [0.25, 0.3) is 5.91 Å². The molecule has 1 unspecified atom stereocenters. The number of rotatable bonds is 6. The number of hydrogen-bond acceptors (Lipinski definition) is 3. The van der Waals surface area contributed by atoms with E-state index in [9.17, 15) is 14.4 Å². The summed E-state index contributed by atoms with van der Waals surface area (Å²) < 4.78 is 0. The molecule has 0 aliphatic heterocycles. The highest BCUT2D eigenvalue weighted by atomic mass is 16.2. The van der Waals surface area contributed by atoms with Crippen LogP contribution in [-0.2, 0) is 16.1 Å². The van der Waals surface area contributed by atoms with Crippen LogP contribution in [0.3, 0.4) is 0 Å². The minimum atomic E-state index is -0.665. The zero-order valence-corrected chi connectivity index (χ0v) is 15.1. The number of hydrogen-bond donors (Lipinski definition) is 3. The lowest BCUT2D eigenvalue weighted by Gasteiger charge is -2.15. The van der Waals surface area contributed by atoms with Gasteiger partial charge in [0, 0.05) is 24.7 Å². The molecule has 136 valence electrons. The van der Waals surface area contributed by atoms with Gasteiger partial charge in [-0.2, -0.15) is 0 Å². The van der Waals surface area contributed by atoms with Crippen LogP contribution < -0.4 is 16.0 Å². The summed E-state index contributed by atoms with van der Waals surface area (Å²) in [6, 6.07) is 13.7. The van der Waals surface area contributed by atoms with E-state index < -0.39 is 6.04 Å². The molecule has 3 amide bonds. The lowest BCUT2D eigenvalue weighted by Crippen LogP contribution is -2.44. The van der Waals surface area contributed by atoms with Gasteiger partial charge < -0.3 is 16.0 Å². The molecule has 0 radical (unpaired) electrons. The highest BCUT2D eigenvalue weighted by Crippen LogP contribution is 2.10. The molecule has 0 saturated carbocycles. The van der Waals surface area contributed by atoms with Crippen molar-refractivity contribution in [1.29, 1.82) is 0 Å². The highest BCUT2D eigenvalue weighted by Gasteiger charge is 2.16. The molecule has 0 saturated heterocycles. The summed E-state index contributed by atoms with van der Waals surface area (Å²) in [5.74, 6) is -0.724. The van der Waals surface area contributed by atoms with Gasteiger partial charge in [-0.3, -0.25) is 14.4 Å². The standard InChI is InChI=1S/C20H23N3O3/c1-13-6-4-8-17(10-13)20(26)22-14(2)19(25)21-12-16-7-5-9-18(11-16)23-15(3)24/h4-11,14H,12H2,1-3H3,(H,21,25)(H,22,26)(H,23,24). The quantitative estimate of drug-likeness (QED) is 0.745. The second kappa shape index (κ2) is 8.80. The van der Waals surface area contributed by atoms with Gasteiger partial charge in [-0.1, -0.05) is 29.8 Å². The van der Waals surface area contributed by atoms with Crippen molar-refractivity contribution in [3.8, 4) is 0 Å². The average Bonchev–Trinajstić information content (AvgIpc) is 2.59. The summed E-state index contributed by atoms with van der Waals surface area (Å²) in [5.41, 5.74) is 3.02. The van der Waals surface area contributed by atoms with Gasteiger partial charge in [-0.05, 0) is 43.7 Å². The topological polar surface area (TPSA) is 87.3 Å². The number of aryl methyl sites for hydroxylation is 1. The average molecular weight is 353 g/mol. The van der Waals surface area contributed by atoms with Crippen molar-refractivity contribution in [3.05, 3.63) is 65.2 Å². The van der Waals surface area contributed by atoms with E-state index in [4.69, 9.17) is 0 Å². The van der Waals surface area contributed by atoms with E-state index >= 15 is 0 Å². The van der Waals surface area contributed by atoms with E-state index in [0.29, 0.717) is 17.8 Å². The van der Waals surface area contributed by atoms with E-state index in [-0.39, 0.29) is 17.7 Å². The molecule has 3 N–H and O–H groups in total. The third kappa shape index (κ3) is 5.73. The van der Waals surface area contributed by atoms with E-state index in [1.54, 1.807) is 43.3 Å². The van der Waals surface area contributed by atoms with Gasteiger partial charge in [0.05, 0.1) is 0 Å². The Morgan fingerprint density at radius 2 is 1.77 bits per heavy atom. The Balaban J connectivity index is 1.89. The number of anilines is 1. The number of benzene rings is 2. The van der Waals surface area contributed by atoms with Crippen LogP contribution in [-0.4, -0.2) is 23.8 Å². The molecule has 0 aliphatic carbocycles. The van der Waals surface area contributed by atoms with E-state index in [0.717, 1.165) is 11.1 Å². The molecule has 0 bridgehead atoms. The molecule has 2 aromatic carbocycles. The molecular formula is C20H23N3O3. The van der Waals surface area contributed by atoms with Gasteiger partial charge in [0.1, 0.15) is 6.04 Å². The van der Waals surface area contributed by atoms with E-state index in [2.05, 4.69) is 16.0 Å². The molecule has 0 spiro atoms. The molecule has 0 heterocycles. The first-order valence-electron chi connectivity index (χ1n) is 8.37. The van der Waals surface area contributed by atoms with Crippen molar-refractivity contribution >= 4 is 23.4 Å². The Morgan fingerprint density at radius 1 is 1.04 bits per heavy atom. The lowest BCUT2D eigenvalue weighted by atomic mass is 10.1. The first kappa shape index (κ1) is 19.2. The predicted molar refractivity (Wildman–Crippen MR) is 101 cm³/mol. The van der Waals surface area contributed by atoms with Crippen molar-refractivity contribution in [1.82, 2.24) is 10.6 Å². The van der Waals surface area contributed by atoms with Gasteiger partial charge in [0.15, 0.2) is 0 Å². The Hall–Kier alpha value is -3.15. The first-order chi connectivity index (χ1) is 12.3. The largest absolute Gasteiger partial charge is 0.350 e. The summed E-state index contributed by atoms with van der Waals surface area (Å²) in [5, 5.41) is 8.17. The molecule has 0 fully saturated rings. The van der Waals surface area contributed by atoms with Crippen molar-refractivity contribution in [3.63, 3.8) is 0 Å². The zero-order chi connectivity index (χ0) is 19.1. The van der Waals surface area contributed by atoms with Crippen LogP contribution in [0, 0.1) is 6.92 Å². The minimum Gasteiger partial charge on any atom is -0.350 e. The molecule has 6 heteroatoms. The summed E-state index contributed by atoms with van der Waals surface area (Å²) >= 11 is 0. The Labute approximate surface area is 153 Å². The number of carbonyl (C=O) groups excluding carboxylic acids is 3. The van der Waals surface area contributed by atoms with Crippen LogP contribution in [0.2, 0.25) is 0 Å². The van der Waals surface area contributed by atoms with Crippen LogP contribution in [0.1, 0.15) is 35.3 Å². The zero-order valence-electron chi connectivity index (χ0n) is 15.1. The summed E-state index contributed by atoms with van der Waals surface area (Å²) in [6.07, 6.45) is 0. The van der Waals surface area contributed by atoms with Gasteiger partial charge in [-0.25, -0.2) is 0 Å². The maximum atomic E-state index is 12.2. The summed E-state index contributed by atoms with van der Waals surface area (Å²) in [6.45, 7) is 5.28. The molecule has 2 aromatic rings. The number of amides is 3. The smallest absolute Gasteiger partial charge is 0.251 e. The Morgan fingerprint density at radius 3 is 2.46 bits per heavy atom. The summed E-state index contributed by atoms with van der Waals surface area (Å²) in [4.78, 5) is 35.5. The second-order valence-electron chi connectivity index (χ2n) is 6.16. The molecule has 26 heavy (non-hydrogen) atoms. The van der Waals surface area contributed by atoms with Gasteiger partial charge >= 0.3 is 0 Å². The molecule has 0 aromatic heterocycles. The van der Waals surface area contributed by atoms with Crippen LogP contribution in [0.5, 0.6) is 0 Å². The molecule has 6 nitrogen and oxygen atoms in total. The number of carbonyl (C=O) groups is 3. The summed E-state index contributed by atoms with van der Waals surface area (Å²) in [7, 11) is 0. The first-order valence-corrected chi connectivity index (χ1v) is 8.37. The molecule has 0 aliphatic rings. The molecular weight excluding hydrogens is 330 g/mol. The molecule has 2 rings (SSSR count). The van der Waals surface area contributed by atoms with Crippen molar-refractivity contribution in [2.24, 2.45) is 0 Å². The predicted octanol–water partition coefficient (Wildman–Crippen LogP) is 2.39. The third-order valence-electron chi connectivity index (χ3n) is 3.74.